The van der Waals surface area contributed by atoms with E-state index in [2.05, 4.69) is 25.2 Å². The number of hydrogen-bond donors (Lipinski definition) is 3. The lowest BCUT2D eigenvalue weighted by atomic mass is 9.97. The number of hydrogen-bond acceptors (Lipinski definition) is 6. The third-order valence-corrected chi connectivity index (χ3v) is 6.11. The fourth-order valence-corrected chi connectivity index (χ4v) is 4.16. The first-order valence-electron chi connectivity index (χ1n) is 10.4. The van der Waals surface area contributed by atoms with E-state index in [4.69, 9.17) is 5.11 Å². The van der Waals surface area contributed by atoms with Gasteiger partial charge in [0.05, 0.1) is 11.0 Å². The topological polar surface area (TPSA) is 133 Å². The molecule has 0 atom stereocenters. The van der Waals surface area contributed by atoms with E-state index in [1.54, 1.807) is 0 Å². The molecular weight excluding hydrogens is 400 g/mol. The van der Waals surface area contributed by atoms with Crippen molar-refractivity contribution in [1.29, 1.82) is 0 Å². The van der Waals surface area contributed by atoms with Gasteiger partial charge >= 0.3 is 11.8 Å². The van der Waals surface area contributed by atoms with Crippen molar-refractivity contribution in [3.05, 3.63) is 44.1 Å². The zero-order chi connectivity index (χ0) is 22.1. The Labute approximate surface area is 178 Å². The Balaban J connectivity index is 1.60. The summed E-state index contributed by atoms with van der Waals surface area (Å²) in [5.41, 5.74) is 2.66. The van der Waals surface area contributed by atoms with Crippen molar-refractivity contribution >= 4 is 17.1 Å². The average Bonchev–Trinajstić information content (AvgIpc) is 2.72. The number of aromatic amines is 1. The number of rotatable bonds is 5. The lowest BCUT2D eigenvalue weighted by molar-refractivity contribution is 0.167. The number of carbonyl (C=O) groups is 1. The smallest absolute Gasteiger partial charge is 0.404 e. The molecule has 3 aliphatic rings. The molecule has 0 aliphatic carbocycles. The van der Waals surface area contributed by atoms with E-state index < -0.39 is 17.3 Å². The molecular formula is C21H26N6O4. The van der Waals surface area contributed by atoms with E-state index in [1.165, 1.54) is 0 Å². The number of fused-ring (bicyclic) bond motifs is 2. The molecule has 31 heavy (non-hydrogen) atoms. The molecule has 0 spiro atoms. The summed E-state index contributed by atoms with van der Waals surface area (Å²) in [4.78, 5) is 48.0. The monoisotopic (exact) mass is 426 g/mol. The Hall–Kier alpha value is -3.27. The zero-order valence-corrected chi connectivity index (χ0v) is 17.6. The predicted molar refractivity (Wildman–Crippen MR) is 116 cm³/mol. The van der Waals surface area contributed by atoms with Crippen LogP contribution in [0.15, 0.2) is 21.7 Å². The third-order valence-electron chi connectivity index (χ3n) is 6.11. The molecule has 1 amide bonds. The first-order valence-corrected chi connectivity index (χ1v) is 10.4. The van der Waals surface area contributed by atoms with Crippen LogP contribution in [0.4, 0.5) is 4.79 Å². The lowest BCUT2D eigenvalue weighted by Gasteiger charge is -2.32. The molecule has 4 rings (SSSR count). The van der Waals surface area contributed by atoms with E-state index >= 15 is 0 Å². The van der Waals surface area contributed by atoms with Gasteiger partial charge in [0.2, 0.25) is 0 Å². The summed E-state index contributed by atoms with van der Waals surface area (Å²) in [6.07, 6.45) is 0.856. The Kier molecular flexibility index (Phi) is 5.73. The second kappa shape index (κ2) is 8.46. The van der Waals surface area contributed by atoms with E-state index in [-0.39, 0.29) is 5.69 Å². The number of likely N-dealkylation sites (tertiary alicyclic amines) is 1. The zero-order valence-electron chi connectivity index (χ0n) is 17.6. The van der Waals surface area contributed by atoms with Crippen LogP contribution in [0, 0.1) is 19.8 Å². The minimum atomic E-state index is -0.985. The number of aryl methyl sites for hydroxylation is 2. The molecule has 0 unspecified atom stereocenters. The molecule has 0 radical (unpaired) electrons. The molecule has 1 fully saturated rings. The summed E-state index contributed by atoms with van der Waals surface area (Å²) < 4.78 is 1.92. The van der Waals surface area contributed by atoms with E-state index in [9.17, 15) is 14.4 Å². The first-order chi connectivity index (χ1) is 14.8. The van der Waals surface area contributed by atoms with Gasteiger partial charge < -0.3 is 19.9 Å². The highest BCUT2D eigenvalue weighted by Gasteiger charge is 2.22. The van der Waals surface area contributed by atoms with Gasteiger partial charge in [-0.3, -0.25) is 9.78 Å². The standard InChI is InChI=1S/C21H26N6O4/c1-12-9-15-16(10-13(12)2)27(18-17(23-15)19(28)25-20(29)24-18)8-7-26-5-3-14(4-6-26)11-22-21(30)31/h9-10,14,22H,3-8,11H2,1-2H3,(H,30,31)(H,25,28,29). The van der Waals surface area contributed by atoms with Crippen LogP contribution in [0.2, 0.25) is 0 Å². The van der Waals surface area contributed by atoms with Crippen molar-refractivity contribution in [2.75, 3.05) is 26.2 Å². The number of nitrogens with one attached hydrogen (secondary N) is 2. The van der Waals surface area contributed by atoms with Gasteiger partial charge in [-0.05, 0) is 69.0 Å². The molecule has 3 aliphatic heterocycles. The molecule has 0 saturated carbocycles. The number of aromatic nitrogens is 4. The van der Waals surface area contributed by atoms with Crippen molar-refractivity contribution in [3.63, 3.8) is 0 Å². The van der Waals surface area contributed by atoms with Gasteiger partial charge in [-0.15, -0.1) is 0 Å². The number of carboxylic acid groups (broad SMARTS) is 1. The van der Waals surface area contributed by atoms with Crippen LogP contribution < -0.4 is 16.6 Å². The van der Waals surface area contributed by atoms with Crippen molar-refractivity contribution in [1.82, 2.24) is 29.7 Å². The molecule has 3 heterocycles. The molecule has 10 heteroatoms. The second-order valence-electron chi connectivity index (χ2n) is 8.20. The Morgan fingerprint density at radius 3 is 2.58 bits per heavy atom. The maximum Gasteiger partial charge on any atom is 0.404 e. The second-order valence-corrected chi connectivity index (χ2v) is 8.20. The number of piperidine rings is 1. The molecule has 0 aromatic heterocycles. The molecule has 1 saturated heterocycles. The van der Waals surface area contributed by atoms with Crippen LogP contribution in [-0.2, 0) is 6.54 Å². The quantitative estimate of drug-likeness (QED) is 0.522. The Bertz CT molecular complexity index is 1210. The van der Waals surface area contributed by atoms with Crippen LogP contribution in [0.5, 0.6) is 0 Å². The summed E-state index contributed by atoms with van der Waals surface area (Å²) in [7, 11) is 0. The van der Waals surface area contributed by atoms with Gasteiger partial charge in [-0.25, -0.2) is 14.6 Å². The minimum absolute atomic E-state index is 0.161. The molecule has 1 aromatic rings. The summed E-state index contributed by atoms with van der Waals surface area (Å²) in [6, 6.07) is 3.97. The van der Waals surface area contributed by atoms with E-state index in [1.807, 2.05) is 30.5 Å². The lowest BCUT2D eigenvalue weighted by Crippen LogP contribution is -2.40. The maximum atomic E-state index is 12.4. The number of benzene rings is 1. The Morgan fingerprint density at radius 1 is 1.16 bits per heavy atom. The van der Waals surface area contributed by atoms with Crippen LogP contribution in [0.3, 0.4) is 0 Å². The molecule has 1 aromatic carbocycles. The Morgan fingerprint density at radius 2 is 1.87 bits per heavy atom. The predicted octanol–water partition coefficient (Wildman–Crippen LogP) is 1.18. The van der Waals surface area contributed by atoms with Crippen LogP contribution in [0.25, 0.3) is 22.6 Å². The molecule has 164 valence electrons. The fraction of sp³-hybridized carbons (Fsp3) is 0.476. The highest BCUT2D eigenvalue weighted by molar-refractivity contribution is 5.81. The SMILES string of the molecule is Cc1cc2nc3c(=O)[nH]c(=O)nc-3n(CCN3CCC(CNC(=O)O)CC3)c2cc1C. The number of H-pyrrole nitrogens is 1. The van der Waals surface area contributed by atoms with Crippen molar-refractivity contribution in [3.8, 4) is 11.5 Å². The largest absolute Gasteiger partial charge is 0.465 e. The van der Waals surface area contributed by atoms with Gasteiger partial charge in [0.25, 0.3) is 5.56 Å². The molecule has 10 nitrogen and oxygen atoms in total. The summed E-state index contributed by atoms with van der Waals surface area (Å²) >= 11 is 0. The van der Waals surface area contributed by atoms with Crippen LogP contribution in [-0.4, -0.2) is 61.8 Å². The number of nitrogens with zero attached hydrogens (tertiary/aromatic N) is 4. The van der Waals surface area contributed by atoms with Gasteiger partial charge in [0.15, 0.2) is 11.5 Å². The van der Waals surface area contributed by atoms with Crippen LogP contribution >= 0.6 is 0 Å². The van der Waals surface area contributed by atoms with E-state index in [0.717, 1.165) is 49.1 Å². The van der Waals surface area contributed by atoms with Gasteiger partial charge in [0, 0.05) is 19.6 Å². The fourth-order valence-electron chi connectivity index (χ4n) is 4.16. The van der Waals surface area contributed by atoms with Crippen LogP contribution in [0.1, 0.15) is 24.0 Å². The van der Waals surface area contributed by atoms with Gasteiger partial charge in [0.1, 0.15) is 0 Å². The van der Waals surface area contributed by atoms with Crippen molar-refractivity contribution in [2.24, 2.45) is 5.92 Å². The van der Waals surface area contributed by atoms with Gasteiger partial charge in [-0.1, -0.05) is 0 Å². The minimum Gasteiger partial charge on any atom is -0.465 e. The summed E-state index contributed by atoms with van der Waals surface area (Å²) in [6.45, 7) is 7.52. The van der Waals surface area contributed by atoms with Gasteiger partial charge in [-0.2, -0.15) is 4.98 Å². The first kappa shape index (κ1) is 21.0. The summed E-state index contributed by atoms with van der Waals surface area (Å²) in [5, 5.41) is 11.2. The number of amides is 1. The molecule has 3 N–H and O–H groups in total. The highest BCUT2D eigenvalue weighted by Crippen LogP contribution is 2.24. The summed E-state index contributed by atoms with van der Waals surface area (Å²) in [5.74, 6) is 0.640. The normalized spacial score (nSPS) is 15.5. The van der Waals surface area contributed by atoms with Crippen molar-refractivity contribution in [2.45, 2.75) is 33.2 Å². The highest BCUT2D eigenvalue weighted by atomic mass is 16.4. The molecule has 0 bridgehead atoms. The third kappa shape index (κ3) is 4.43. The van der Waals surface area contributed by atoms with Crippen molar-refractivity contribution < 1.29 is 9.90 Å². The van der Waals surface area contributed by atoms with E-state index in [0.29, 0.717) is 30.3 Å². The maximum absolute atomic E-state index is 12.4. The average molecular weight is 426 g/mol.